The largest absolute Gasteiger partial charge is 0.395 e. The Bertz CT molecular complexity index is 1330. The van der Waals surface area contributed by atoms with Crippen molar-refractivity contribution in [1.82, 2.24) is 9.13 Å². The van der Waals surface area contributed by atoms with Gasteiger partial charge in [-0.05, 0) is 24.3 Å². The van der Waals surface area contributed by atoms with Crippen LogP contribution in [-0.4, -0.2) is 25.8 Å². The molecule has 8 heteroatoms. The maximum Gasteiger partial charge on any atom is 0.273 e. The Morgan fingerprint density at radius 1 is 1.11 bits per heavy atom. The molecule has 0 radical (unpaired) electrons. The Balaban J connectivity index is 2.17. The fourth-order valence-electron chi connectivity index (χ4n) is 3.50. The van der Waals surface area contributed by atoms with Crippen molar-refractivity contribution in [2.24, 2.45) is 0 Å². The van der Waals surface area contributed by atoms with Crippen molar-refractivity contribution in [2.75, 3.05) is 6.61 Å². The molecular formula is C20H14N4O4. The van der Waals surface area contributed by atoms with Crippen LogP contribution in [0, 0.1) is 21.4 Å². The van der Waals surface area contributed by atoms with Crippen LogP contribution in [0.15, 0.2) is 59.4 Å². The molecule has 2 aromatic carbocycles. The van der Waals surface area contributed by atoms with Gasteiger partial charge in [0.1, 0.15) is 11.6 Å². The van der Waals surface area contributed by atoms with Gasteiger partial charge < -0.3 is 9.67 Å². The normalized spacial score (nSPS) is 11.0. The predicted octanol–water partition coefficient (Wildman–Crippen LogP) is 2.72. The van der Waals surface area contributed by atoms with Gasteiger partial charge in [0.2, 0.25) is 0 Å². The van der Waals surface area contributed by atoms with Gasteiger partial charge in [-0.3, -0.25) is 19.5 Å². The SMILES string of the molecule is N#Cc1cc2c(c3ccccc3n2CCO)n(-c2ccc([N+](=O)[O-])cc2)c1=O. The van der Waals surface area contributed by atoms with E-state index in [1.165, 1.54) is 34.9 Å². The van der Waals surface area contributed by atoms with E-state index in [2.05, 4.69) is 0 Å². The van der Waals surface area contributed by atoms with Crippen LogP contribution in [0.1, 0.15) is 5.56 Å². The van der Waals surface area contributed by atoms with Crippen LogP contribution in [0.25, 0.3) is 27.6 Å². The molecule has 0 fully saturated rings. The molecule has 0 saturated heterocycles. The summed E-state index contributed by atoms with van der Waals surface area (Å²) in [6.07, 6.45) is 0. The summed E-state index contributed by atoms with van der Waals surface area (Å²) >= 11 is 0. The average molecular weight is 374 g/mol. The molecule has 4 rings (SSSR count). The van der Waals surface area contributed by atoms with Crippen molar-refractivity contribution in [1.29, 1.82) is 5.26 Å². The molecule has 0 saturated carbocycles. The Labute approximate surface area is 158 Å². The predicted molar refractivity (Wildman–Crippen MR) is 103 cm³/mol. The van der Waals surface area contributed by atoms with Crippen LogP contribution in [0.3, 0.4) is 0 Å². The van der Waals surface area contributed by atoms with Gasteiger partial charge in [-0.2, -0.15) is 5.26 Å². The second-order valence-electron chi connectivity index (χ2n) is 6.21. The monoisotopic (exact) mass is 374 g/mol. The topological polar surface area (TPSA) is 114 Å². The zero-order valence-electron chi connectivity index (χ0n) is 14.6. The zero-order chi connectivity index (χ0) is 19.8. The number of aliphatic hydroxyl groups excluding tert-OH is 1. The number of nitro benzene ring substituents is 1. The molecule has 28 heavy (non-hydrogen) atoms. The van der Waals surface area contributed by atoms with E-state index in [-0.39, 0.29) is 17.9 Å². The maximum atomic E-state index is 13.0. The molecule has 138 valence electrons. The maximum absolute atomic E-state index is 13.0. The summed E-state index contributed by atoms with van der Waals surface area (Å²) in [5.41, 5.74) is 1.81. The Morgan fingerprint density at radius 3 is 2.46 bits per heavy atom. The third-order valence-corrected chi connectivity index (χ3v) is 4.68. The lowest BCUT2D eigenvalue weighted by atomic mass is 10.2. The highest BCUT2D eigenvalue weighted by Crippen LogP contribution is 2.30. The first-order chi connectivity index (χ1) is 13.6. The van der Waals surface area contributed by atoms with Gasteiger partial charge in [0, 0.05) is 29.8 Å². The molecule has 0 aliphatic heterocycles. The van der Waals surface area contributed by atoms with Crippen molar-refractivity contribution in [3.8, 4) is 11.8 Å². The Kier molecular flexibility index (Phi) is 4.14. The number of nitriles is 1. The van der Waals surface area contributed by atoms with Crippen LogP contribution in [-0.2, 0) is 6.54 Å². The quantitative estimate of drug-likeness (QED) is 0.436. The molecule has 0 atom stereocenters. The van der Waals surface area contributed by atoms with Gasteiger partial charge in [-0.1, -0.05) is 18.2 Å². The van der Waals surface area contributed by atoms with Crippen LogP contribution in [0.2, 0.25) is 0 Å². The number of aromatic nitrogens is 2. The van der Waals surface area contributed by atoms with Gasteiger partial charge in [-0.15, -0.1) is 0 Å². The highest BCUT2D eigenvalue weighted by Gasteiger charge is 2.19. The minimum absolute atomic E-state index is 0.0483. The molecule has 0 amide bonds. The first-order valence-electron chi connectivity index (χ1n) is 8.49. The molecule has 8 nitrogen and oxygen atoms in total. The summed E-state index contributed by atoms with van der Waals surface area (Å²) in [5.74, 6) is 0. The van der Waals surface area contributed by atoms with Crippen molar-refractivity contribution >= 4 is 27.6 Å². The van der Waals surface area contributed by atoms with Crippen LogP contribution < -0.4 is 5.56 Å². The number of non-ortho nitro benzene ring substituents is 1. The van der Waals surface area contributed by atoms with Crippen LogP contribution in [0.5, 0.6) is 0 Å². The van der Waals surface area contributed by atoms with Gasteiger partial charge >= 0.3 is 0 Å². The van der Waals surface area contributed by atoms with E-state index in [1.54, 1.807) is 0 Å². The number of aliphatic hydroxyl groups is 1. The van der Waals surface area contributed by atoms with Gasteiger partial charge in [0.15, 0.2) is 0 Å². The van der Waals surface area contributed by atoms with Gasteiger partial charge in [0.05, 0.1) is 28.1 Å². The molecule has 0 aliphatic rings. The number of hydrogen-bond acceptors (Lipinski definition) is 5. The standard InChI is InChI=1S/C20H14N4O4/c21-12-13-11-18-19(16-3-1-2-4-17(16)22(18)9-10-25)23(20(13)26)14-5-7-15(8-6-14)24(27)28/h1-8,11,25H,9-10H2. The summed E-state index contributed by atoms with van der Waals surface area (Å²) in [7, 11) is 0. The first kappa shape index (κ1) is 17.5. The molecule has 0 spiro atoms. The summed E-state index contributed by atoms with van der Waals surface area (Å²) in [6.45, 7) is 0.194. The molecule has 4 aromatic rings. The smallest absolute Gasteiger partial charge is 0.273 e. The molecule has 0 bridgehead atoms. The van der Waals surface area contributed by atoms with Crippen molar-refractivity contribution in [3.63, 3.8) is 0 Å². The van der Waals surface area contributed by atoms with E-state index in [0.717, 1.165) is 10.9 Å². The zero-order valence-corrected chi connectivity index (χ0v) is 14.6. The summed E-state index contributed by atoms with van der Waals surface area (Å²) in [6, 6.07) is 16.5. The minimum Gasteiger partial charge on any atom is -0.395 e. The third kappa shape index (κ3) is 2.53. The number of pyridine rings is 1. The minimum atomic E-state index is -0.513. The van der Waals surface area contributed by atoms with E-state index >= 15 is 0 Å². The fourth-order valence-corrected chi connectivity index (χ4v) is 3.50. The number of nitro groups is 1. The molecule has 0 aliphatic carbocycles. The van der Waals surface area contributed by atoms with Crippen LogP contribution >= 0.6 is 0 Å². The fraction of sp³-hybridized carbons (Fsp3) is 0.100. The second-order valence-corrected chi connectivity index (χ2v) is 6.21. The lowest BCUT2D eigenvalue weighted by Gasteiger charge is -2.10. The Hall–Kier alpha value is -3.96. The third-order valence-electron chi connectivity index (χ3n) is 4.68. The first-order valence-corrected chi connectivity index (χ1v) is 8.49. The summed E-state index contributed by atoms with van der Waals surface area (Å²) < 4.78 is 3.25. The van der Waals surface area contributed by atoms with Crippen molar-refractivity contribution in [2.45, 2.75) is 6.54 Å². The van der Waals surface area contributed by atoms with Crippen LogP contribution in [0.4, 0.5) is 5.69 Å². The molecular weight excluding hydrogens is 360 g/mol. The summed E-state index contributed by atoms with van der Waals surface area (Å²) in [4.78, 5) is 23.4. The van der Waals surface area contributed by atoms with E-state index in [9.17, 15) is 25.3 Å². The van der Waals surface area contributed by atoms with E-state index < -0.39 is 10.5 Å². The highest BCUT2D eigenvalue weighted by molar-refractivity contribution is 6.07. The van der Waals surface area contributed by atoms with E-state index in [4.69, 9.17) is 0 Å². The Morgan fingerprint density at radius 2 is 1.82 bits per heavy atom. The lowest BCUT2D eigenvalue weighted by Crippen LogP contribution is -2.21. The average Bonchev–Trinajstić information content (AvgIpc) is 3.01. The molecule has 2 aromatic heterocycles. The highest BCUT2D eigenvalue weighted by atomic mass is 16.6. The van der Waals surface area contributed by atoms with Crippen molar-refractivity contribution < 1.29 is 10.0 Å². The number of fused-ring (bicyclic) bond motifs is 3. The number of rotatable bonds is 4. The molecule has 2 heterocycles. The molecule has 1 N–H and O–H groups in total. The van der Waals surface area contributed by atoms with E-state index in [1.807, 2.05) is 34.9 Å². The molecule has 0 unspecified atom stereocenters. The summed E-state index contributed by atoms with van der Waals surface area (Å²) in [5, 5.41) is 30.7. The van der Waals surface area contributed by atoms with Gasteiger partial charge in [-0.25, -0.2) is 0 Å². The van der Waals surface area contributed by atoms with E-state index in [0.29, 0.717) is 23.3 Å². The van der Waals surface area contributed by atoms with Crippen molar-refractivity contribution in [3.05, 3.63) is 80.6 Å². The number of nitrogens with zero attached hydrogens (tertiary/aromatic N) is 4. The second kappa shape index (κ2) is 6.64. The lowest BCUT2D eigenvalue weighted by molar-refractivity contribution is -0.384. The number of benzene rings is 2. The number of hydrogen-bond donors (Lipinski definition) is 1. The number of para-hydroxylation sites is 1. The van der Waals surface area contributed by atoms with Gasteiger partial charge in [0.25, 0.3) is 11.2 Å².